The topological polar surface area (TPSA) is 0 Å². The summed E-state index contributed by atoms with van der Waals surface area (Å²) in [5, 5.41) is 13.6. The van der Waals surface area contributed by atoms with Gasteiger partial charge in [-0.1, -0.05) is 48.5 Å². The smallest absolute Gasteiger partial charge is 0.0519 e. The third kappa shape index (κ3) is 2.99. The maximum Gasteiger partial charge on any atom is 0.0519 e. The molecule has 0 unspecified atom stereocenters. The second-order valence-electron chi connectivity index (χ2n) is 4.94. The van der Waals surface area contributed by atoms with Crippen LogP contribution in [0.2, 0.25) is 0 Å². The summed E-state index contributed by atoms with van der Waals surface area (Å²) >= 11 is 3.20. The first kappa shape index (κ1) is 14.5. The van der Waals surface area contributed by atoms with Gasteiger partial charge in [-0.25, -0.2) is 0 Å². The quantitative estimate of drug-likeness (QED) is 0.374. The lowest BCUT2D eigenvalue weighted by Gasteiger charge is -1.84. The van der Waals surface area contributed by atoms with Gasteiger partial charge in [0.2, 0.25) is 0 Å². The highest BCUT2D eigenvalue weighted by Crippen LogP contribution is 2.14. The zero-order chi connectivity index (χ0) is 16.2. The van der Waals surface area contributed by atoms with Gasteiger partial charge in [-0.3, -0.25) is 0 Å². The summed E-state index contributed by atoms with van der Waals surface area (Å²) in [6.45, 7) is 0. The van der Waals surface area contributed by atoms with Gasteiger partial charge >= 0.3 is 0 Å². The van der Waals surface area contributed by atoms with Crippen LogP contribution in [0.1, 0.15) is 0 Å². The summed E-state index contributed by atoms with van der Waals surface area (Å²) in [4.78, 5) is 0. The van der Waals surface area contributed by atoms with E-state index in [4.69, 9.17) is 0 Å². The summed E-state index contributed by atoms with van der Waals surface area (Å²) in [6, 6.07) is 32.9. The first-order chi connectivity index (χ1) is 11.9. The SMILES string of the molecule is c1c#cc2cscc2c#cc2ccccc2c#cc2cscc2c#1. The first-order valence-electron chi connectivity index (χ1n) is 7.17. The Morgan fingerprint density at radius 1 is 0.458 bits per heavy atom. The maximum absolute atomic E-state index is 3.23. The molecule has 0 aliphatic heterocycles. The third-order valence-electron chi connectivity index (χ3n) is 3.37. The van der Waals surface area contributed by atoms with Crippen LogP contribution in [0.15, 0.2) is 45.8 Å². The molecule has 0 saturated heterocycles. The van der Waals surface area contributed by atoms with Crippen LogP contribution in [-0.4, -0.2) is 0 Å². The summed E-state index contributed by atoms with van der Waals surface area (Å²) in [5.74, 6) is 0. The largest absolute Gasteiger partial charge is 0.150 e. The lowest BCUT2D eigenvalue weighted by Crippen LogP contribution is -1.62. The average molecular weight is 336 g/mol. The number of thiophene rings is 2. The predicted molar refractivity (Wildman–Crippen MR) is 101 cm³/mol. The molecule has 2 aromatic carbocycles. The predicted octanol–water partition coefficient (Wildman–Crippen LogP) is 5.92. The first-order valence-corrected chi connectivity index (χ1v) is 9.06. The second kappa shape index (κ2) is 6.54. The van der Waals surface area contributed by atoms with Crippen molar-refractivity contribution in [1.29, 1.82) is 0 Å². The van der Waals surface area contributed by atoms with E-state index in [1.807, 2.05) is 45.8 Å². The van der Waals surface area contributed by atoms with Crippen molar-refractivity contribution in [1.82, 2.24) is 0 Å². The Balaban J connectivity index is 2.12. The summed E-state index contributed by atoms with van der Waals surface area (Å²) in [5.41, 5.74) is 0. The van der Waals surface area contributed by atoms with E-state index in [9.17, 15) is 0 Å². The van der Waals surface area contributed by atoms with Crippen LogP contribution in [0.3, 0.4) is 0 Å². The van der Waals surface area contributed by atoms with Gasteiger partial charge in [0.1, 0.15) is 0 Å². The van der Waals surface area contributed by atoms with Gasteiger partial charge in [-0.05, 0) is 24.3 Å². The Kier molecular flexibility index (Phi) is 3.94. The minimum absolute atomic E-state index is 0.924. The zero-order valence-corrected chi connectivity index (χ0v) is 14.1. The van der Waals surface area contributed by atoms with Crippen LogP contribution in [-0.2, 0) is 0 Å². The Morgan fingerprint density at radius 2 is 0.833 bits per heavy atom. The van der Waals surface area contributed by atoms with E-state index < -0.39 is 0 Å². The van der Waals surface area contributed by atoms with E-state index in [0.29, 0.717) is 0 Å². The number of benzene rings is 1. The van der Waals surface area contributed by atoms with Crippen molar-refractivity contribution in [2.75, 3.05) is 0 Å². The van der Waals surface area contributed by atoms with E-state index in [2.05, 4.69) is 48.5 Å². The van der Waals surface area contributed by atoms with Crippen molar-refractivity contribution in [3.63, 3.8) is 0 Å². The van der Waals surface area contributed by atoms with Crippen molar-refractivity contribution < 1.29 is 0 Å². The molecule has 108 valence electrons. The lowest BCUT2D eigenvalue weighted by molar-refractivity contribution is 1.82. The van der Waals surface area contributed by atoms with Gasteiger partial charge < -0.3 is 0 Å². The van der Waals surface area contributed by atoms with E-state index in [1.54, 1.807) is 22.7 Å². The standard InChI is InChI=1S/C22H8S2/c1-2-6-18-10-12-22-16-24-14-20(22)8-4-3-7-19-13-23-15-21(19)11-9-17(18)5-1/h1-2,5-6,13-16H. The van der Waals surface area contributed by atoms with Crippen LogP contribution < -0.4 is 0 Å². The van der Waals surface area contributed by atoms with Gasteiger partial charge in [0, 0.05) is 32.3 Å². The summed E-state index contributed by atoms with van der Waals surface area (Å²) < 4.78 is 0. The minimum Gasteiger partial charge on any atom is -0.150 e. The molecule has 0 bridgehead atoms. The van der Waals surface area contributed by atoms with E-state index in [-0.39, 0.29) is 0 Å². The third-order valence-corrected chi connectivity index (χ3v) is 4.86. The molecule has 0 saturated carbocycles. The van der Waals surface area contributed by atoms with Gasteiger partial charge in [0.05, 0.1) is 21.5 Å². The molecule has 2 heterocycles. The molecule has 0 N–H and O–H groups in total. The zero-order valence-electron chi connectivity index (χ0n) is 12.4. The van der Waals surface area contributed by atoms with Crippen LogP contribution in [0, 0.1) is 48.5 Å². The number of hydrogen-bond donors (Lipinski definition) is 0. The Morgan fingerprint density at radius 3 is 1.29 bits per heavy atom. The van der Waals surface area contributed by atoms with Gasteiger partial charge in [-0.2, -0.15) is 0 Å². The molecule has 4 rings (SSSR count). The monoisotopic (exact) mass is 336 g/mol. The molecule has 0 radical (unpaired) electrons. The second-order valence-corrected chi connectivity index (χ2v) is 6.43. The molecule has 24 heavy (non-hydrogen) atoms. The molecule has 2 aromatic heterocycles. The molecule has 0 nitrogen and oxygen atoms in total. The van der Waals surface area contributed by atoms with Crippen molar-refractivity contribution in [2.24, 2.45) is 0 Å². The Hall–Kier alpha value is -3.14. The summed E-state index contributed by atoms with van der Waals surface area (Å²) in [6.07, 6.45) is 0. The van der Waals surface area contributed by atoms with Gasteiger partial charge in [0.15, 0.2) is 0 Å². The fourth-order valence-electron chi connectivity index (χ4n) is 2.15. The fraction of sp³-hybridized carbons (Fsp3) is 0. The fourth-order valence-corrected chi connectivity index (χ4v) is 3.57. The van der Waals surface area contributed by atoms with E-state index in [1.165, 1.54) is 0 Å². The lowest BCUT2D eigenvalue weighted by atomic mass is 10.2. The number of rotatable bonds is 0. The van der Waals surface area contributed by atoms with Crippen molar-refractivity contribution >= 4 is 55.0 Å². The van der Waals surface area contributed by atoms with Crippen LogP contribution in [0.25, 0.3) is 32.3 Å². The highest BCUT2D eigenvalue weighted by atomic mass is 32.1. The van der Waals surface area contributed by atoms with Crippen molar-refractivity contribution in [3.8, 4) is 0 Å². The van der Waals surface area contributed by atoms with Crippen LogP contribution in [0.4, 0.5) is 0 Å². The van der Waals surface area contributed by atoms with E-state index in [0.717, 1.165) is 32.3 Å². The molecule has 4 aromatic rings. The van der Waals surface area contributed by atoms with Crippen LogP contribution >= 0.6 is 22.7 Å². The van der Waals surface area contributed by atoms with Gasteiger partial charge in [-0.15, -0.1) is 22.7 Å². The molecule has 0 atom stereocenters. The molecule has 0 aliphatic carbocycles. The van der Waals surface area contributed by atoms with Crippen molar-refractivity contribution in [2.45, 2.75) is 0 Å². The highest BCUT2D eigenvalue weighted by Gasteiger charge is 1.89. The maximum atomic E-state index is 3.23. The Labute approximate surface area is 149 Å². The Bertz CT molecular complexity index is 1030. The highest BCUT2D eigenvalue weighted by molar-refractivity contribution is 7.09. The van der Waals surface area contributed by atoms with E-state index >= 15 is 0 Å². The molecular formula is C22H8S2. The van der Waals surface area contributed by atoms with Gasteiger partial charge in [0.25, 0.3) is 0 Å². The molecular weight excluding hydrogens is 328 g/mol. The molecule has 0 spiro atoms. The average Bonchev–Trinajstić information content (AvgIpc) is 3.24. The normalized spacial score (nSPS) is 9.17. The minimum atomic E-state index is 0.924. The molecule has 0 aliphatic rings. The van der Waals surface area contributed by atoms with Crippen molar-refractivity contribution in [3.05, 3.63) is 94.3 Å². The molecule has 2 heteroatoms. The number of fused-ring (bicyclic) bond motifs is 3. The molecule has 0 amide bonds. The van der Waals surface area contributed by atoms with Crippen LogP contribution in [0.5, 0.6) is 0 Å². The number of hydrogen-bond acceptors (Lipinski definition) is 2. The molecule has 0 fully saturated rings. The summed E-state index contributed by atoms with van der Waals surface area (Å²) in [7, 11) is 0.